The first-order chi connectivity index (χ1) is 16.5. The smallest absolute Gasteiger partial charge is 0.309 e. The van der Waals surface area contributed by atoms with Crippen molar-refractivity contribution in [2.75, 3.05) is 33.4 Å². The predicted octanol–water partition coefficient (Wildman–Crippen LogP) is 3.96. The average molecular weight is 464 g/mol. The van der Waals surface area contributed by atoms with E-state index in [1.807, 2.05) is 43.3 Å². The zero-order chi connectivity index (χ0) is 24.1. The van der Waals surface area contributed by atoms with Gasteiger partial charge < -0.3 is 9.47 Å². The molecule has 1 fully saturated rings. The maximum absolute atomic E-state index is 13.4. The Labute approximate surface area is 201 Å². The van der Waals surface area contributed by atoms with Crippen molar-refractivity contribution in [1.29, 1.82) is 0 Å². The summed E-state index contributed by atoms with van der Waals surface area (Å²) < 4.78 is 10.5. The van der Waals surface area contributed by atoms with Crippen molar-refractivity contribution < 1.29 is 19.1 Å². The van der Waals surface area contributed by atoms with Crippen molar-refractivity contribution >= 4 is 17.6 Å². The molecule has 1 saturated heterocycles. The zero-order valence-electron chi connectivity index (χ0n) is 20.2. The number of esters is 1. The summed E-state index contributed by atoms with van der Waals surface area (Å²) in [5.41, 5.74) is 4.15. The molecule has 2 aliphatic rings. The molecule has 1 unspecified atom stereocenters. The number of aryl methyl sites for hydroxylation is 1. The van der Waals surface area contributed by atoms with Gasteiger partial charge >= 0.3 is 5.97 Å². The van der Waals surface area contributed by atoms with Gasteiger partial charge in [-0.05, 0) is 63.0 Å². The lowest BCUT2D eigenvalue weighted by Gasteiger charge is -2.32. The first-order valence-corrected chi connectivity index (χ1v) is 12.0. The summed E-state index contributed by atoms with van der Waals surface area (Å²) in [6.45, 7) is 5.97. The molecule has 1 amide bonds. The number of carbonyl (C=O) groups excluding carboxylic acids is 2. The fraction of sp³-hybridized carbons (Fsp3) is 0.444. The van der Waals surface area contributed by atoms with E-state index in [0.717, 1.165) is 28.2 Å². The van der Waals surface area contributed by atoms with Gasteiger partial charge in [-0.1, -0.05) is 42.0 Å². The van der Waals surface area contributed by atoms with Crippen LogP contribution in [0, 0.1) is 12.8 Å². The second kappa shape index (κ2) is 10.8. The van der Waals surface area contributed by atoms with Crippen LogP contribution in [0.4, 0.5) is 0 Å². The van der Waals surface area contributed by atoms with E-state index in [1.165, 1.54) is 0 Å². The highest BCUT2D eigenvalue weighted by atomic mass is 16.5. The quantitative estimate of drug-likeness (QED) is 0.582. The number of likely N-dealkylation sites (tertiary alicyclic amines) is 1. The van der Waals surface area contributed by atoms with Gasteiger partial charge in [0.15, 0.2) is 0 Å². The molecular weight excluding hydrogens is 430 g/mol. The van der Waals surface area contributed by atoms with Crippen molar-refractivity contribution in [1.82, 2.24) is 9.91 Å². The van der Waals surface area contributed by atoms with Crippen LogP contribution in [-0.4, -0.2) is 60.8 Å². The van der Waals surface area contributed by atoms with Crippen molar-refractivity contribution in [3.8, 4) is 5.75 Å². The van der Waals surface area contributed by atoms with Crippen LogP contribution in [0.1, 0.15) is 48.9 Å². The Morgan fingerprint density at radius 1 is 1.09 bits per heavy atom. The zero-order valence-corrected chi connectivity index (χ0v) is 20.2. The van der Waals surface area contributed by atoms with Crippen molar-refractivity contribution in [2.24, 2.45) is 11.0 Å². The number of hydrogen-bond acceptors (Lipinski definition) is 6. The molecule has 0 saturated carbocycles. The van der Waals surface area contributed by atoms with Gasteiger partial charge in [0.05, 0.1) is 37.9 Å². The SMILES string of the molecule is CCOC(=O)C1CCN(CC(=O)N2N=C(c3cccc(C)c3)CC2c2ccc(OC)cc2)CC1. The molecule has 0 spiro atoms. The van der Waals surface area contributed by atoms with Gasteiger partial charge in [-0.2, -0.15) is 5.10 Å². The standard InChI is InChI=1S/C27H33N3O4/c1-4-34-27(32)21-12-14-29(15-13-21)18-26(31)30-25(20-8-10-23(33-3)11-9-20)17-24(28-30)22-7-5-6-19(2)16-22/h5-11,16,21,25H,4,12-15,17-18H2,1-3H3. The molecule has 2 aromatic carbocycles. The van der Waals surface area contributed by atoms with E-state index >= 15 is 0 Å². The molecule has 0 aliphatic carbocycles. The van der Waals surface area contributed by atoms with Crippen LogP contribution >= 0.6 is 0 Å². The molecule has 4 rings (SSSR count). The van der Waals surface area contributed by atoms with E-state index in [1.54, 1.807) is 12.1 Å². The highest BCUT2D eigenvalue weighted by Crippen LogP contribution is 2.34. The Bertz CT molecular complexity index is 1040. The average Bonchev–Trinajstić information content (AvgIpc) is 3.30. The Hall–Kier alpha value is -3.19. The van der Waals surface area contributed by atoms with E-state index in [2.05, 4.69) is 24.0 Å². The largest absolute Gasteiger partial charge is 0.497 e. The van der Waals surface area contributed by atoms with E-state index in [9.17, 15) is 9.59 Å². The molecular formula is C27H33N3O4. The lowest BCUT2D eigenvalue weighted by Crippen LogP contribution is -2.43. The number of piperidine rings is 1. The van der Waals surface area contributed by atoms with E-state index in [4.69, 9.17) is 14.6 Å². The number of nitrogens with zero attached hydrogens (tertiary/aromatic N) is 3. The highest BCUT2D eigenvalue weighted by Gasteiger charge is 2.35. The third-order valence-electron chi connectivity index (χ3n) is 6.58. The van der Waals surface area contributed by atoms with Gasteiger partial charge in [-0.3, -0.25) is 14.5 Å². The van der Waals surface area contributed by atoms with Gasteiger partial charge in [-0.15, -0.1) is 0 Å². The second-order valence-corrected chi connectivity index (χ2v) is 8.95. The molecule has 7 heteroatoms. The van der Waals surface area contributed by atoms with E-state index in [0.29, 0.717) is 39.0 Å². The van der Waals surface area contributed by atoms with Crippen LogP contribution in [0.2, 0.25) is 0 Å². The summed E-state index contributed by atoms with van der Waals surface area (Å²) in [6.07, 6.45) is 2.09. The maximum Gasteiger partial charge on any atom is 0.309 e. The molecule has 0 N–H and O–H groups in total. The molecule has 2 aromatic rings. The Kier molecular flexibility index (Phi) is 7.63. The summed E-state index contributed by atoms with van der Waals surface area (Å²) >= 11 is 0. The van der Waals surface area contributed by atoms with Gasteiger partial charge in [0.25, 0.3) is 5.91 Å². The van der Waals surface area contributed by atoms with Crippen molar-refractivity contribution in [2.45, 2.75) is 39.2 Å². The van der Waals surface area contributed by atoms with Crippen LogP contribution in [0.15, 0.2) is 53.6 Å². The normalized spacial score (nSPS) is 19.1. The Balaban J connectivity index is 1.49. The third kappa shape index (κ3) is 5.47. The number of hydrogen-bond donors (Lipinski definition) is 0. The first kappa shape index (κ1) is 24.0. The topological polar surface area (TPSA) is 71.4 Å². The third-order valence-corrected chi connectivity index (χ3v) is 6.58. The summed E-state index contributed by atoms with van der Waals surface area (Å²) in [4.78, 5) is 27.6. The summed E-state index contributed by atoms with van der Waals surface area (Å²) in [6, 6.07) is 15.9. The Morgan fingerprint density at radius 3 is 2.47 bits per heavy atom. The van der Waals surface area contributed by atoms with E-state index < -0.39 is 0 Å². The summed E-state index contributed by atoms with van der Waals surface area (Å²) in [7, 11) is 1.64. The van der Waals surface area contributed by atoms with Crippen LogP contribution in [0.25, 0.3) is 0 Å². The minimum absolute atomic E-state index is 0.0296. The number of methoxy groups -OCH3 is 1. The summed E-state index contributed by atoms with van der Waals surface area (Å²) in [5.74, 6) is 0.554. The summed E-state index contributed by atoms with van der Waals surface area (Å²) in [5, 5.41) is 6.45. The minimum Gasteiger partial charge on any atom is -0.497 e. The fourth-order valence-electron chi connectivity index (χ4n) is 4.68. The number of carbonyl (C=O) groups is 2. The molecule has 2 aliphatic heterocycles. The molecule has 0 aromatic heterocycles. The van der Waals surface area contributed by atoms with Crippen LogP contribution < -0.4 is 4.74 Å². The van der Waals surface area contributed by atoms with Gasteiger partial charge in [0.2, 0.25) is 0 Å². The fourth-order valence-corrected chi connectivity index (χ4v) is 4.68. The molecule has 0 bridgehead atoms. The molecule has 7 nitrogen and oxygen atoms in total. The lowest BCUT2D eigenvalue weighted by atomic mass is 9.96. The minimum atomic E-state index is -0.161. The van der Waals surface area contributed by atoms with Gasteiger partial charge in [-0.25, -0.2) is 5.01 Å². The lowest BCUT2D eigenvalue weighted by molar-refractivity contribution is -0.149. The number of amides is 1. The molecule has 34 heavy (non-hydrogen) atoms. The number of hydrazone groups is 1. The molecule has 2 heterocycles. The van der Waals surface area contributed by atoms with E-state index in [-0.39, 0.29) is 30.4 Å². The molecule has 0 radical (unpaired) electrons. The molecule has 180 valence electrons. The van der Waals surface area contributed by atoms with Crippen LogP contribution in [-0.2, 0) is 14.3 Å². The van der Waals surface area contributed by atoms with Crippen LogP contribution in [0.3, 0.4) is 0 Å². The molecule has 1 atom stereocenters. The first-order valence-electron chi connectivity index (χ1n) is 12.0. The van der Waals surface area contributed by atoms with Crippen molar-refractivity contribution in [3.05, 3.63) is 65.2 Å². The number of ether oxygens (including phenoxy) is 2. The van der Waals surface area contributed by atoms with Gasteiger partial charge in [0, 0.05) is 6.42 Å². The van der Waals surface area contributed by atoms with Crippen molar-refractivity contribution in [3.63, 3.8) is 0 Å². The number of benzene rings is 2. The van der Waals surface area contributed by atoms with Gasteiger partial charge in [0.1, 0.15) is 5.75 Å². The monoisotopic (exact) mass is 463 g/mol. The maximum atomic E-state index is 13.4. The predicted molar refractivity (Wildman–Crippen MR) is 131 cm³/mol. The highest BCUT2D eigenvalue weighted by molar-refractivity contribution is 6.03. The van der Waals surface area contributed by atoms with Crippen LogP contribution in [0.5, 0.6) is 5.75 Å². The second-order valence-electron chi connectivity index (χ2n) is 8.95. The Morgan fingerprint density at radius 2 is 1.82 bits per heavy atom. The number of rotatable bonds is 7.